The van der Waals surface area contributed by atoms with E-state index in [0.717, 1.165) is 28.0 Å². The summed E-state index contributed by atoms with van der Waals surface area (Å²) in [5.41, 5.74) is 3.44. The van der Waals surface area contributed by atoms with E-state index in [1.807, 2.05) is 45.0 Å². The van der Waals surface area contributed by atoms with Gasteiger partial charge in [0.05, 0.1) is 12.7 Å². The first kappa shape index (κ1) is 14.6. The number of hydrogen-bond donors (Lipinski definition) is 1. The highest BCUT2D eigenvalue weighted by molar-refractivity contribution is 5.37. The quantitative estimate of drug-likeness (QED) is 0.916. The van der Waals surface area contributed by atoms with Crippen molar-refractivity contribution in [1.82, 2.24) is 0 Å². The SMILES string of the molecule is COc1cccc(CC(C)(O)c2cc(C)ccc2C)c1. The molecule has 0 bridgehead atoms. The Morgan fingerprint density at radius 3 is 2.55 bits per heavy atom. The third-order valence-electron chi connectivity index (χ3n) is 3.66. The third-order valence-corrected chi connectivity index (χ3v) is 3.66. The van der Waals surface area contributed by atoms with Crippen LogP contribution in [0.3, 0.4) is 0 Å². The molecule has 0 aliphatic rings. The number of ether oxygens (including phenoxy) is 1. The maximum atomic E-state index is 10.9. The van der Waals surface area contributed by atoms with Crippen LogP contribution in [-0.2, 0) is 12.0 Å². The molecular formula is C18H22O2. The molecule has 1 N–H and O–H groups in total. The lowest BCUT2D eigenvalue weighted by Gasteiger charge is -2.26. The minimum Gasteiger partial charge on any atom is -0.497 e. The molecule has 0 fully saturated rings. The van der Waals surface area contributed by atoms with Crippen molar-refractivity contribution < 1.29 is 9.84 Å². The molecular weight excluding hydrogens is 248 g/mol. The molecule has 2 aromatic carbocycles. The Kier molecular flexibility index (Phi) is 4.15. The predicted octanol–water partition coefficient (Wildman–Crippen LogP) is 3.76. The largest absolute Gasteiger partial charge is 0.497 e. The van der Waals surface area contributed by atoms with E-state index >= 15 is 0 Å². The van der Waals surface area contributed by atoms with Gasteiger partial charge < -0.3 is 9.84 Å². The van der Waals surface area contributed by atoms with Crippen LogP contribution in [0.4, 0.5) is 0 Å². The lowest BCUT2D eigenvalue weighted by atomic mass is 9.85. The summed E-state index contributed by atoms with van der Waals surface area (Å²) in [6.45, 7) is 5.95. The monoisotopic (exact) mass is 270 g/mol. The molecule has 0 saturated heterocycles. The van der Waals surface area contributed by atoms with Gasteiger partial charge in [0, 0.05) is 6.42 Å². The van der Waals surface area contributed by atoms with Gasteiger partial charge in [-0.15, -0.1) is 0 Å². The molecule has 2 heteroatoms. The third kappa shape index (κ3) is 3.20. The van der Waals surface area contributed by atoms with E-state index in [1.54, 1.807) is 7.11 Å². The topological polar surface area (TPSA) is 29.5 Å². The summed E-state index contributed by atoms with van der Waals surface area (Å²) in [5.74, 6) is 0.819. The van der Waals surface area contributed by atoms with Crippen molar-refractivity contribution in [3.63, 3.8) is 0 Å². The van der Waals surface area contributed by atoms with Crippen molar-refractivity contribution in [3.05, 3.63) is 64.7 Å². The first-order chi connectivity index (χ1) is 9.42. The molecule has 0 aliphatic heterocycles. The molecule has 0 radical (unpaired) electrons. The minimum absolute atomic E-state index is 0.564. The number of rotatable bonds is 4. The van der Waals surface area contributed by atoms with Crippen LogP contribution in [0.15, 0.2) is 42.5 Å². The normalized spacial score (nSPS) is 13.8. The van der Waals surface area contributed by atoms with Crippen molar-refractivity contribution in [2.75, 3.05) is 7.11 Å². The van der Waals surface area contributed by atoms with Gasteiger partial charge in [0.15, 0.2) is 0 Å². The Hall–Kier alpha value is -1.80. The Labute approximate surface area is 121 Å². The maximum absolute atomic E-state index is 10.9. The van der Waals surface area contributed by atoms with Crippen LogP contribution in [0.5, 0.6) is 5.75 Å². The summed E-state index contributed by atoms with van der Waals surface area (Å²) in [6.07, 6.45) is 0.564. The fraction of sp³-hybridized carbons (Fsp3) is 0.333. The summed E-state index contributed by atoms with van der Waals surface area (Å²) >= 11 is 0. The molecule has 0 amide bonds. The highest BCUT2D eigenvalue weighted by Crippen LogP contribution is 2.29. The van der Waals surface area contributed by atoms with E-state index < -0.39 is 5.60 Å². The fourth-order valence-corrected chi connectivity index (χ4v) is 2.59. The van der Waals surface area contributed by atoms with Crippen LogP contribution in [0.2, 0.25) is 0 Å². The van der Waals surface area contributed by atoms with Crippen molar-refractivity contribution in [2.24, 2.45) is 0 Å². The van der Waals surface area contributed by atoms with Gasteiger partial charge in [-0.3, -0.25) is 0 Å². The number of hydrogen-bond acceptors (Lipinski definition) is 2. The van der Waals surface area contributed by atoms with Gasteiger partial charge in [-0.05, 0) is 49.6 Å². The molecule has 2 rings (SSSR count). The molecule has 0 saturated carbocycles. The Morgan fingerprint density at radius 1 is 1.10 bits per heavy atom. The number of methoxy groups -OCH3 is 1. The van der Waals surface area contributed by atoms with Crippen molar-refractivity contribution >= 4 is 0 Å². The lowest BCUT2D eigenvalue weighted by molar-refractivity contribution is 0.0569. The zero-order chi connectivity index (χ0) is 14.8. The number of aryl methyl sites for hydroxylation is 2. The van der Waals surface area contributed by atoms with Gasteiger partial charge in [0.1, 0.15) is 5.75 Å². The van der Waals surface area contributed by atoms with Crippen molar-refractivity contribution in [2.45, 2.75) is 32.8 Å². The van der Waals surface area contributed by atoms with Gasteiger partial charge in [0.2, 0.25) is 0 Å². The average Bonchev–Trinajstić information content (AvgIpc) is 2.41. The van der Waals surface area contributed by atoms with Gasteiger partial charge in [-0.1, -0.05) is 35.9 Å². The number of aliphatic hydroxyl groups is 1. The highest BCUT2D eigenvalue weighted by atomic mass is 16.5. The second kappa shape index (κ2) is 5.68. The standard InChI is InChI=1S/C18H22O2/c1-13-8-9-14(2)17(10-13)18(3,19)12-15-6-5-7-16(11-15)20-4/h5-11,19H,12H2,1-4H3. The highest BCUT2D eigenvalue weighted by Gasteiger charge is 2.25. The summed E-state index contributed by atoms with van der Waals surface area (Å²) in [6, 6.07) is 14.0. The van der Waals surface area contributed by atoms with Gasteiger partial charge in [0.25, 0.3) is 0 Å². The van der Waals surface area contributed by atoms with E-state index in [4.69, 9.17) is 4.74 Å². The zero-order valence-electron chi connectivity index (χ0n) is 12.6. The Balaban J connectivity index is 2.32. The van der Waals surface area contributed by atoms with Crippen molar-refractivity contribution in [3.8, 4) is 5.75 Å². The Morgan fingerprint density at radius 2 is 1.85 bits per heavy atom. The first-order valence-corrected chi connectivity index (χ1v) is 6.85. The van der Waals surface area contributed by atoms with Gasteiger partial charge in [-0.2, -0.15) is 0 Å². The summed E-state index contributed by atoms with van der Waals surface area (Å²) in [4.78, 5) is 0. The Bertz CT molecular complexity index is 600. The summed E-state index contributed by atoms with van der Waals surface area (Å²) < 4.78 is 5.24. The van der Waals surface area contributed by atoms with Crippen LogP contribution in [0.25, 0.3) is 0 Å². The van der Waals surface area contributed by atoms with Gasteiger partial charge in [-0.25, -0.2) is 0 Å². The van der Waals surface area contributed by atoms with Crippen molar-refractivity contribution in [1.29, 1.82) is 0 Å². The molecule has 0 aliphatic carbocycles. The zero-order valence-corrected chi connectivity index (χ0v) is 12.6. The molecule has 20 heavy (non-hydrogen) atoms. The van der Waals surface area contributed by atoms with E-state index in [-0.39, 0.29) is 0 Å². The molecule has 1 unspecified atom stereocenters. The molecule has 2 nitrogen and oxygen atoms in total. The average molecular weight is 270 g/mol. The molecule has 106 valence electrons. The molecule has 0 aromatic heterocycles. The molecule has 0 spiro atoms. The van der Waals surface area contributed by atoms with E-state index in [2.05, 4.69) is 18.2 Å². The second-order valence-electron chi connectivity index (χ2n) is 5.62. The second-order valence-corrected chi connectivity index (χ2v) is 5.62. The van der Waals surface area contributed by atoms with Crippen LogP contribution in [0.1, 0.15) is 29.2 Å². The summed E-state index contributed by atoms with van der Waals surface area (Å²) in [7, 11) is 1.65. The maximum Gasteiger partial charge on any atom is 0.119 e. The first-order valence-electron chi connectivity index (χ1n) is 6.85. The smallest absolute Gasteiger partial charge is 0.119 e. The van der Waals surface area contributed by atoms with Crippen LogP contribution in [0, 0.1) is 13.8 Å². The van der Waals surface area contributed by atoms with E-state index in [1.165, 1.54) is 0 Å². The number of benzene rings is 2. The predicted molar refractivity (Wildman–Crippen MR) is 82.2 cm³/mol. The van der Waals surface area contributed by atoms with E-state index in [0.29, 0.717) is 6.42 Å². The fourth-order valence-electron chi connectivity index (χ4n) is 2.59. The molecule has 2 aromatic rings. The van der Waals surface area contributed by atoms with Gasteiger partial charge >= 0.3 is 0 Å². The van der Waals surface area contributed by atoms with E-state index in [9.17, 15) is 5.11 Å². The lowest BCUT2D eigenvalue weighted by Crippen LogP contribution is -2.25. The van der Waals surface area contributed by atoms with Crippen LogP contribution in [-0.4, -0.2) is 12.2 Å². The summed E-state index contributed by atoms with van der Waals surface area (Å²) in [5, 5.41) is 10.9. The molecule has 1 atom stereocenters. The molecule has 0 heterocycles. The minimum atomic E-state index is -0.886. The van der Waals surface area contributed by atoms with Crippen LogP contribution >= 0.6 is 0 Å². The van der Waals surface area contributed by atoms with Crippen LogP contribution < -0.4 is 4.74 Å².